The van der Waals surface area contributed by atoms with Gasteiger partial charge in [0.15, 0.2) is 6.61 Å². The lowest BCUT2D eigenvalue weighted by Crippen LogP contribution is -2.20. The van der Waals surface area contributed by atoms with Crippen molar-refractivity contribution in [3.8, 4) is 5.75 Å². The third-order valence-electron chi connectivity index (χ3n) is 2.84. The summed E-state index contributed by atoms with van der Waals surface area (Å²) < 4.78 is 7.23. The van der Waals surface area contributed by atoms with Crippen LogP contribution in [0, 0.1) is 0 Å². The molecule has 0 saturated carbocycles. The molecular formula is C14H18N4O2. The number of benzene rings is 1. The third-order valence-corrected chi connectivity index (χ3v) is 2.84. The topological polar surface area (TPSA) is 82.2 Å². The number of rotatable bonds is 6. The van der Waals surface area contributed by atoms with Gasteiger partial charge in [-0.1, -0.05) is 6.07 Å². The number of ether oxygens (including phenoxy) is 1. The van der Waals surface area contributed by atoms with E-state index in [1.807, 2.05) is 42.9 Å². The zero-order chi connectivity index (χ0) is 14.5. The first-order valence-electron chi connectivity index (χ1n) is 6.31. The molecule has 0 spiro atoms. The van der Waals surface area contributed by atoms with E-state index in [-0.39, 0.29) is 12.6 Å². The molecule has 6 heteroatoms. The monoisotopic (exact) mass is 274 g/mol. The number of carbonyl (C=O) groups excluding carboxylic acids is 1. The van der Waals surface area contributed by atoms with Crippen LogP contribution in [0.1, 0.15) is 18.8 Å². The molecule has 1 heterocycles. The Bertz CT molecular complexity index is 594. The molecule has 1 unspecified atom stereocenters. The smallest absolute Gasteiger partial charge is 0.255 e. The van der Waals surface area contributed by atoms with Crippen LogP contribution < -0.4 is 15.8 Å². The summed E-state index contributed by atoms with van der Waals surface area (Å²) in [5, 5.41) is 3.33. The number of imidazole rings is 1. The minimum atomic E-state index is -0.496. The number of primary amides is 1. The highest BCUT2D eigenvalue weighted by molar-refractivity contribution is 5.75. The van der Waals surface area contributed by atoms with E-state index in [2.05, 4.69) is 10.3 Å². The van der Waals surface area contributed by atoms with Crippen LogP contribution in [0.3, 0.4) is 0 Å². The summed E-state index contributed by atoms with van der Waals surface area (Å²) in [5.41, 5.74) is 5.94. The molecule has 0 saturated heterocycles. The molecule has 0 aliphatic carbocycles. The Morgan fingerprint density at radius 2 is 2.35 bits per heavy atom. The average molecular weight is 274 g/mol. The molecule has 1 atom stereocenters. The maximum Gasteiger partial charge on any atom is 0.255 e. The predicted molar refractivity (Wildman–Crippen MR) is 76.4 cm³/mol. The van der Waals surface area contributed by atoms with Gasteiger partial charge in [0.2, 0.25) is 0 Å². The van der Waals surface area contributed by atoms with Crippen molar-refractivity contribution in [1.29, 1.82) is 0 Å². The summed E-state index contributed by atoms with van der Waals surface area (Å²) in [7, 11) is 1.95. The van der Waals surface area contributed by atoms with Crippen molar-refractivity contribution in [2.45, 2.75) is 13.0 Å². The first-order chi connectivity index (χ1) is 9.56. The summed E-state index contributed by atoms with van der Waals surface area (Å²) in [6.45, 7) is 1.90. The van der Waals surface area contributed by atoms with E-state index in [0.29, 0.717) is 5.75 Å². The Labute approximate surface area is 117 Å². The maximum absolute atomic E-state index is 10.7. The van der Waals surface area contributed by atoms with Crippen LogP contribution in [0.15, 0.2) is 36.7 Å². The zero-order valence-electron chi connectivity index (χ0n) is 11.5. The first kappa shape index (κ1) is 13.9. The second kappa shape index (κ2) is 6.10. The van der Waals surface area contributed by atoms with Crippen molar-refractivity contribution in [1.82, 2.24) is 9.55 Å². The lowest BCUT2D eigenvalue weighted by Gasteiger charge is -2.15. The SMILES string of the molecule is CC(Nc1cccc(OCC(N)=O)c1)c1nccn1C. The van der Waals surface area contributed by atoms with Crippen molar-refractivity contribution < 1.29 is 9.53 Å². The molecule has 1 amide bonds. The molecule has 0 aliphatic rings. The van der Waals surface area contributed by atoms with Crippen LogP contribution in [0.25, 0.3) is 0 Å². The van der Waals surface area contributed by atoms with E-state index < -0.39 is 5.91 Å². The number of aryl methyl sites for hydroxylation is 1. The van der Waals surface area contributed by atoms with E-state index in [1.54, 1.807) is 12.3 Å². The van der Waals surface area contributed by atoms with Crippen LogP contribution in [-0.2, 0) is 11.8 Å². The van der Waals surface area contributed by atoms with E-state index in [1.165, 1.54) is 0 Å². The molecule has 1 aromatic carbocycles. The fraction of sp³-hybridized carbons (Fsp3) is 0.286. The number of nitrogens with two attached hydrogens (primary N) is 1. The van der Waals surface area contributed by atoms with Crippen molar-refractivity contribution in [3.63, 3.8) is 0 Å². The third kappa shape index (κ3) is 3.50. The number of nitrogens with one attached hydrogen (secondary N) is 1. The van der Waals surface area contributed by atoms with Crippen LogP contribution in [0.5, 0.6) is 5.75 Å². The summed E-state index contributed by atoms with van der Waals surface area (Å²) in [4.78, 5) is 15.0. The Balaban J connectivity index is 2.04. The van der Waals surface area contributed by atoms with Gasteiger partial charge in [0.1, 0.15) is 11.6 Å². The normalized spacial score (nSPS) is 11.9. The number of hydrogen-bond acceptors (Lipinski definition) is 4. The molecule has 0 fully saturated rings. The predicted octanol–water partition coefficient (Wildman–Crippen LogP) is 1.46. The van der Waals surface area contributed by atoms with Crippen LogP contribution >= 0.6 is 0 Å². The Kier molecular flexibility index (Phi) is 4.24. The quantitative estimate of drug-likeness (QED) is 0.835. The second-order valence-corrected chi connectivity index (χ2v) is 4.55. The standard InChI is InChI=1S/C14H18N4O2/c1-10(14-16-6-7-18(14)2)17-11-4-3-5-12(8-11)20-9-13(15)19/h3-8,10,17H,9H2,1-2H3,(H2,15,19). The molecule has 0 radical (unpaired) electrons. The average Bonchev–Trinajstić information content (AvgIpc) is 2.83. The Hall–Kier alpha value is -2.50. The van der Waals surface area contributed by atoms with Gasteiger partial charge in [0.25, 0.3) is 5.91 Å². The number of amides is 1. The van der Waals surface area contributed by atoms with Crippen LogP contribution in [-0.4, -0.2) is 22.1 Å². The molecule has 2 rings (SSSR count). The summed E-state index contributed by atoms with van der Waals surface area (Å²) in [6, 6.07) is 7.43. The van der Waals surface area contributed by atoms with Gasteiger partial charge in [0, 0.05) is 31.2 Å². The minimum absolute atomic E-state index is 0.0568. The van der Waals surface area contributed by atoms with Gasteiger partial charge >= 0.3 is 0 Å². The van der Waals surface area contributed by atoms with Crippen molar-refractivity contribution in [3.05, 3.63) is 42.5 Å². The molecule has 6 nitrogen and oxygen atoms in total. The highest BCUT2D eigenvalue weighted by atomic mass is 16.5. The largest absolute Gasteiger partial charge is 0.484 e. The highest BCUT2D eigenvalue weighted by Gasteiger charge is 2.10. The minimum Gasteiger partial charge on any atom is -0.484 e. The number of aromatic nitrogens is 2. The van der Waals surface area contributed by atoms with Gasteiger partial charge in [-0.25, -0.2) is 4.98 Å². The van der Waals surface area contributed by atoms with Gasteiger partial charge in [0.05, 0.1) is 6.04 Å². The van der Waals surface area contributed by atoms with Gasteiger partial charge < -0.3 is 20.4 Å². The van der Waals surface area contributed by atoms with E-state index in [4.69, 9.17) is 10.5 Å². The lowest BCUT2D eigenvalue weighted by atomic mass is 10.2. The van der Waals surface area contributed by atoms with E-state index in [9.17, 15) is 4.79 Å². The number of anilines is 1. The fourth-order valence-electron chi connectivity index (χ4n) is 1.94. The number of hydrogen-bond donors (Lipinski definition) is 2. The van der Waals surface area contributed by atoms with Gasteiger partial charge in [-0.05, 0) is 19.1 Å². The zero-order valence-corrected chi connectivity index (χ0v) is 11.5. The van der Waals surface area contributed by atoms with Crippen molar-refractivity contribution in [2.24, 2.45) is 12.8 Å². The second-order valence-electron chi connectivity index (χ2n) is 4.55. The number of nitrogens with zero attached hydrogens (tertiary/aromatic N) is 2. The summed E-state index contributed by atoms with van der Waals surface area (Å²) >= 11 is 0. The molecule has 1 aromatic heterocycles. The molecule has 0 aliphatic heterocycles. The Morgan fingerprint density at radius 3 is 3.00 bits per heavy atom. The Morgan fingerprint density at radius 1 is 1.55 bits per heavy atom. The maximum atomic E-state index is 10.7. The molecule has 106 valence electrons. The lowest BCUT2D eigenvalue weighted by molar-refractivity contribution is -0.119. The molecule has 0 bridgehead atoms. The molecule has 20 heavy (non-hydrogen) atoms. The first-order valence-corrected chi connectivity index (χ1v) is 6.31. The number of carbonyl (C=O) groups is 1. The van der Waals surface area contributed by atoms with Crippen molar-refractivity contribution in [2.75, 3.05) is 11.9 Å². The van der Waals surface area contributed by atoms with Gasteiger partial charge in [-0.3, -0.25) is 4.79 Å². The van der Waals surface area contributed by atoms with E-state index >= 15 is 0 Å². The van der Waals surface area contributed by atoms with E-state index in [0.717, 1.165) is 11.5 Å². The summed E-state index contributed by atoms with van der Waals surface area (Å²) in [6.07, 6.45) is 3.67. The van der Waals surface area contributed by atoms with Crippen molar-refractivity contribution >= 4 is 11.6 Å². The summed E-state index contributed by atoms with van der Waals surface area (Å²) in [5.74, 6) is 1.04. The van der Waals surface area contributed by atoms with Gasteiger partial charge in [-0.2, -0.15) is 0 Å². The fourth-order valence-corrected chi connectivity index (χ4v) is 1.94. The molecular weight excluding hydrogens is 256 g/mol. The molecule has 2 aromatic rings. The molecule has 3 N–H and O–H groups in total. The van der Waals surface area contributed by atoms with Crippen LogP contribution in [0.2, 0.25) is 0 Å². The highest BCUT2D eigenvalue weighted by Crippen LogP contribution is 2.21. The van der Waals surface area contributed by atoms with Gasteiger partial charge in [-0.15, -0.1) is 0 Å². The van der Waals surface area contributed by atoms with Crippen LogP contribution in [0.4, 0.5) is 5.69 Å².